The molecule has 0 saturated carbocycles. The number of halogens is 1. The number of aryl methyl sites for hydroxylation is 1. The highest BCUT2D eigenvalue weighted by Crippen LogP contribution is 2.21. The van der Waals surface area contributed by atoms with Crippen molar-refractivity contribution in [1.29, 1.82) is 0 Å². The van der Waals surface area contributed by atoms with Crippen LogP contribution in [0.2, 0.25) is 0 Å². The van der Waals surface area contributed by atoms with Gasteiger partial charge in [0, 0.05) is 17.3 Å². The number of anilines is 1. The fraction of sp³-hybridized carbons (Fsp3) is 0.188. The third-order valence-corrected chi connectivity index (χ3v) is 3.12. The van der Waals surface area contributed by atoms with Crippen LogP contribution in [0, 0.1) is 12.7 Å². The van der Waals surface area contributed by atoms with Crippen molar-refractivity contribution >= 4 is 11.6 Å². The predicted molar refractivity (Wildman–Crippen MR) is 78.1 cm³/mol. The standard InChI is InChI=1S/C16H17FN2O/c1-10-9-12(7-8-14(10)17)16(20)19-15-6-4-3-5-13(15)11(2)18/h3-9,11H,18H2,1-2H3,(H,19,20). The summed E-state index contributed by atoms with van der Waals surface area (Å²) >= 11 is 0. The second-order valence-electron chi connectivity index (χ2n) is 4.79. The fourth-order valence-corrected chi connectivity index (χ4v) is 1.99. The number of nitrogens with one attached hydrogen (secondary N) is 1. The molecular weight excluding hydrogens is 255 g/mol. The molecule has 0 radical (unpaired) electrons. The minimum Gasteiger partial charge on any atom is -0.324 e. The van der Waals surface area contributed by atoms with Gasteiger partial charge in [-0.3, -0.25) is 4.79 Å². The highest BCUT2D eigenvalue weighted by molar-refractivity contribution is 6.04. The largest absolute Gasteiger partial charge is 0.324 e. The maximum absolute atomic E-state index is 13.2. The average molecular weight is 272 g/mol. The normalized spacial score (nSPS) is 12.0. The molecule has 1 unspecified atom stereocenters. The minimum absolute atomic E-state index is 0.179. The summed E-state index contributed by atoms with van der Waals surface area (Å²) in [5.74, 6) is -0.598. The first-order valence-corrected chi connectivity index (χ1v) is 6.41. The van der Waals surface area contributed by atoms with Crippen LogP contribution in [0.5, 0.6) is 0 Å². The van der Waals surface area contributed by atoms with Crippen molar-refractivity contribution in [2.75, 3.05) is 5.32 Å². The molecule has 0 aliphatic heterocycles. The van der Waals surface area contributed by atoms with Crippen molar-refractivity contribution in [1.82, 2.24) is 0 Å². The molecule has 20 heavy (non-hydrogen) atoms. The number of amides is 1. The summed E-state index contributed by atoms with van der Waals surface area (Å²) in [5.41, 5.74) is 8.27. The highest BCUT2D eigenvalue weighted by Gasteiger charge is 2.11. The van der Waals surface area contributed by atoms with Crippen molar-refractivity contribution < 1.29 is 9.18 Å². The fourth-order valence-electron chi connectivity index (χ4n) is 1.99. The van der Waals surface area contributed by atoms with Gasteiger partial charge in [0.05, 0.1) is 0 Å². The number of carbonyl (C=O) groups is 1. The Balaban J connectivity index is 2.26. The molecule has 1 amide bonds. The SMILES string of the molecule is Cc1cc(C(=O)Nc2ccccc2C(C)N)ccc1F. The van der Waals surface area contributed by atoms with E-state index in [0.29, 0.717) is 16.8 Å². The molecule has 0 aliphatic rings. The lowest BCUT2D eigenvalue weighted by Crippen LogP contribution is -2.16. The van der Waals surface area contributed by atoms with Crippen LogP contribution in [0.15, 0.2) is 42.5 Å². The number of hydrogen-bond acceptors (Lipinski definition) is 2. The smallest absolute Gasteiger partial charge is 0.255 e. The van der Waals surface area contributed by atoms with E-state index in [9.17, 15) is 9.18 Å². The molecule has 3 N–H and O–H groups in total. The molecule has 2 rings (SSSR count). The van der Waals surface area contributed by atoms with Crippen molar-refractivity contribution in [3.63, 3.8) is 0 Å². The molecule has 0 bridgehead atoms. The maximum Gasteiger partial charge on any atom is 0.255 e. The van der Waals surface area contributed by atoms with Crippen LogP contribution in [0.1, 0.15) is 34.5 Å². The van der Waals surface area contributed by atoms with Crippen LogP contribution >= 0.6 is 0 Å². The average Bonchev–Trinajstić information content (AvgIpc) is 2.42. The van der Waals surface area contributed by atoms with Gasteiger partial charge in [-0.25, -0.2) is 4.39 Å². The summed E-state index contributed by atoms with van der Waals surface area (Å²) in [5, 5.41) is 2.81. The summed E-state index contributed by atoms with van der Waals surface area (Å²) in [4.78, 5) is 12.2. The van der Waals surface area contributed by atoms with E-state index < -0.39 is 0 Å². The van der Waals surface area contributed by atoms with Crippen molar-refractivity contribution in [2.45, 2.75) is 19.9 Å². The van der Waals surface area contributed by atoms with Crippen LogP contribution in [0.3, 0.4) is 0 Å². The Morgan fingerprint density at radius 2 is 1.95 bits per heavy atom. The maximum atomic E-state index is 13.2. The molecule has 0 saturated heterocycles. The summed E-state index contributed by atoms with van der Waals surface area (Å²) < 4.78 is 13.2. The van der Waals surface area contributed by atoms with Crippen molar-refractivity contribution in [3.8, 4) is 0 Å². The molecule has 0 aromatic heterocycles. The quantitative estimate of drug-likeness (QED) is 0.899. The summed E-state index contributed by atoms with van der Waals surface area (Å²) in [6.45, 7) is 3.48. The monoisotopic (exact) mass is 272 g/mol. The molecular formula is C16H17FN2O. The first-order chi connectivity index (χ1) is 9.49. The Hall–Kier alpha value is -2.20. The second-order valence-corrected chi connectivity index (χ2v) is 4.79. The molecule has 1 atom stereocenters. The third-order valence-electron chi connectivity index (χ3n) is 3.12. The van der Waals surface area contributed by atoms with Gasteiger partial charge in [-0.2, -0.15) is 0 Å². The van der Waals surface area contributed by atoms with E-state index in [-0.39, 0.29) is 17.8 Å². The van der Waals surface area contributed by atoms with Gasteiger partial charge in [-0.05, 0) is 49.2 Å². The van der Waals surface area contributed by atoms with Gasteiger partial charge in [-0.1, -0.05) is 18.2 Å². The van der Waals surface area contributed by atoms with Gasteiger partial charge < -0.3 is 11.1 Å². The lowest BCUT2D eigenvalue weighted by Gasteiger charge is -2.13. The Morgan fingerprint density at radius 1 is 1.25 bits per heavy atom. The van der Waals surface area contributed by atoms with Gasteiger partial charge in [0.1, 0.15) is 5.82 Å². The van der Waals surface area contributed by atoms with Crippen molar-refractivity contribution in [2.24, 2.45) is 5.73 Å². The van der Waals surface area contributed by atoms with E-state index in [4.69, 9.17) is 5.73 Å². The van der Waals surface area contributed by atoms with Gasteiger partial charge >= 0.3 is 0 Å². The van der Waals surface area contributed by atoms with Gasteiger partial charge in [0.25, 0.3) is 5.91 Å². The van der Waals surface area contributed by atoms with Crippen LogP contribution in [0.4, 0.5) is 10.1 Å². The molecule has 0 spiro atoms. The lowest BCUT2D eigenvalue weighted by atomic mass is 10.1. The van der Waals surface area contributed by atoms with Gasteiger partial charge in [0.15, 0.2) is 0 Å². The molecule has 104 valence electrons. The van der Waals surface area contributed by atoms with Gasteiger partial charge in [-0.15, -0.1) is 0 Å². The molecule has 0 aliphatic carbocycles. The Bertz CT molecular complexity index is 638. The van der Waals surface area contributed by atoms with Crippen LogP contribution in [-0.4, -0.2) is 5.91 Å². The summed E-state index contributed by atoms with van der Waals surface area (Å²) in [6.07, 6.45) is 0. The highest BCUT2D eigenvalue weighted by atomic mass is 19.1. The van der Waals surface area contributed by atoms with E-state index in [1.165, 1.54) is 18.2 Å². The number of hydrogen-bond donors (Lipinski definition) is 2. The van der Waals surface area contributed by atoms with Crippen LogP contribution in [0.25, 0.3) is 0 Å². The Kier molecular flexibility index (Phi) is 4.15. The van der Waals surface area contributed by atoms with Crippen molar-refractivity contribution in [3.05, 3.63) is 65.0 Å². The molecule has 2 aromatic rings. The minimum atomic E-state index is -0.322. The molecule has 4 heteroatoms. The number of benzene rings is 2. The summed E-state index contributed by atoms with van der Waals surface area (Å²) in [6, 6.07) is 11.5. The van der Waals surface area contributed by atoms with E-state index >= 15 is 0 Å². The van der Waals surface area contributed by atoms with E-state index in [1.807, 2.05) is 25.1 Å². The zero-order valence-corrected chi connectivity index (χ0v) is 11.5. The molecule has 3 nitrogen and oxygen atoms in total. The topological polar surface area (TPSA) is 55.1 Å². The Labute approximate surface area is 117 Å². The first kappa shape index (κ1) is 14.2. The summed E-state index contributed by atoms with van der Waals surface area (Å²) in [7, 11) is 0. The zero-order valence-electron chi connectivity index (χ0n) is 11.5. The number of carbonyl (C=O) groups excluding carboxylic acids is 1. The molecule has 0 heterocycles. The molecule has 0 fully saturated rings. The second kappa shape index (κ2) is 5.84. The van der Waals surface area contributed by atoms with E-state index in [0.717, 1.165) is 5.56 Å². The van der Waals surface area contributed by atoms with Crippen LogP contribution < -0.4 is 11.1 Å². The number of para-hydroxylation sites is 1. The van der Waals surface area contributed by atoms with Crippen LogP contribution in [-0.2, 0) is 0 Å². The lowest BCUT2D eigenvalue weighted by molar-refractivity contribution is 0.102. The third kappa shape index (κ3) is 3.03. The zero-order chi connectivity index (χ0) is 14.7. The Morgan fingerprint density at radius 3 is 2.60 bits per heavy atom. The number of nitrogens with two attached hydrogens (primary N) is 1. The van der Waals surface area contributed by atoms with E-state index in [1.54, 1.807) is 13.0 Å². The molecule has 2 aromatic carbocycles. The number of rotatable bonds is 3. The van der Waals surface area contributed by atoms with E-state index in [2.05, 4.69) is 5.32 Å². The predicted octanol–water partition coefficient (Wildman–Crippen LogP) is 3.41. The first-order valence-electron chi connectivity index (χ1n) is 6.41. The van der Waals surface area contributed by atoms with Gasteiger partial charge in [0.2, 0.25) is 0 Å².